The van der Waals surface area contributed by atoms with Gasteiger partial charge >= 0.3 is 6.18 Å². The van der Waals surface area contributed by atoms with Crippen molar-refractivity contribution in [2.45, 2.75) is 12.7 Å². The number of amides is 1. The van der Waals surface area contributed by atoms with Crippen LogP contribution in [0.15, 0.2) is 91.0 Å². The summed E-state index contributed by atoms with van der Waals surface area (Å²) in [5.41, 5.74) is 0.547. The topological polar surface area (TPSA) is 77.0 Å². The minimum Gasteiger partial charge on any atom is -0.497 e. The highest BCUT2D eigenvalue weighted by Crippen LogP contribution is 2.40. The molecule has 0 saturated carbocycles. The summed E-state index contributed by atoms with van der Waals surface area (Å²) in [6, 6.07) is 25.1. The second kappa shape index (κ2) is 10.3. The molecule has 2 heterocycles. The van der Waals surface area contributed by atoms with Crippen LogP contribution in [0.25, 0.3) is 33.5 Å². The zero-order valence-corrected chi connectivity index (χ0v) is 20.2. The van der Waals surface area contributed by atoms with E-state index >= 15 is 0 Å². The summed E-state index contributed by atoms with van der Waals surface area (Å²) in [6.45, 7) is 0.199. The Hall–Kier alpha value is -4.79. The van der Waals surface area contributed by atoms with Crippen LogP contribution in [0.1, 0.15) is 21.7 Å². The van der Waals surface area contributed by atoms with E-state index in [9.17, 15) is 18.0 Å². The zero-order chi connectivity index (χ0) is 26.7. The molecule has 6 nitrogen and oxygen atoms in total. The van der Waals surface area contributed by atoms with Gasteiger partial charge in [-0.25, -0.2) is 15.0 Å². The van der Waals surface area contributed by atoms with Gasteiger partial charge in [-0.05, 0) is 35.9 Å². The molecule has 5 rings (SSSR count). The van der Waals surface area contributed by atoms with Crippen molar-refractivity contribution in [2.24, 2.45) is 0 Å². The van der Waals surface area contributed by atoms with Crippen LogP contribution in [-0.2, 0) is 12.7 Å². The first-order valence-electron chi connectivity index (χ1n) is 11.7. The van der Waals surface area contributed by atoms with Crippen molar-refractivity contribution in [3.05, 3.63) is 108 Å². The molecule has 0 aliphatic carbocycles. The van der Waals surface area contributed by atoms with Gasteiger partial charge in [0.2, 0.25) is 5.82 Å². The zero-order valence-electron chi connectivity index (χ0n) is 20.2. The Morgan fingerprint density at radius 2 is 1.50 bits per heavy atom. The first-order valence-corrected chi connectivity index (χ1v) is 11.7. The molecule has 38 heavy (non-hydrogen) atoms. The number of benzene rings is 3. The van der Waals surface area contributed by atoms with E-state index in [0.717, 1.165) is 11.6 Å². The van der Waals surface area contributed by atoms with Crippen LogP contribution in [0.3, 0.4) is 0 Å². The van der Waals surface area contributed by atoms with Crippen molar-refractivity contribution in [3.63, 3.8) is 0 Å². The van der Waals surface area contributed by atoms with Crippen LogP contribution < -0.4 is 10.1 Å². The maximum absolute atomic E-state index is 14.4. The number of pyridine rings is 1. The van der Waals surface area contributed by atoms with Crippen LogP contribution in [0.2, 0.25) is 0 Å². The highest BCUT2D eigenvalue weighted by molar-refractivity contribution is 5.99. The van der Waals surface area contributed by atoms with Crippen LogP contribution in [-0.4, -0.2) is 28.0 Å². The van der Waals surface area contributed by atoms with Gasteiger partial charge in [0.25, 0.3) is 5.91 Å². The number of carbonyl (C=O) groups is 1. The van der Waals surface area contributed by atoms with Crippen molar-refractivity contribution < 1.29 is 22.7 Å². The smallest absolute Gasteiger partial charge is 0.417 e. The van der Waals surface area contributed by atoms with Crippen LogP contribution >= 0.6 is 0 Å². The first kappa shape index (κ1) is 24.9. The van der Waals surface area contributed by atoms with E-state index < -0.39 is 17.6 Å². The molecule has 0 unspecified atom stereocenters. The summed E-state index contributed by atoms with van der Waals surface area (Å²) in [5.74, 6) is -0.399. The van der Waals surface area contributed by atoms with Crippen LogP contribution in [0.5, 0.6) is 5.75 Å². The normalized spacial score (nSPS) is 11.4. The predicted octanol–water partition coefficient (Wildman–Crippen LogP) is 6.32. The van der Waals surface area contributed by atoms with E-state index in [0.29, 0.717) is 16.9 Å². The molecule has 2 aromatic heterocycles. The molecule has 0 radical (unpaired) electrons. The molecular weight excluding hydrogens is 493 g/mol. The van der Waals surface area contributed by atoms with Crippen molar-refractivity contribution >= 4 is 16.9 Å². The number of aromatic nitrogens is 3. The van der Waals surface area contributed by atoms with Gasteiger partial charge in [0.1, 0.15) is 5.75 Å². The van der Waals surface area contributed by atoms with Gasteiger partial charge in [-0.2, -0.15) is 13.2 Å². The molecule has 1 amide bonds. The number of hydrogen-bond acceptors (Lipinski definition) is 5. The fourth-order valence-corrected chi connectivity index (χ4v) is 4.03. The summed E-state index contributed by atoms with van der Waals surface area (Å²) >= 11 is 0. The summed E-state index contributed by atoms with van der Waals surface area (Å²) in [7, 11) is 1.49. The maximum atomic E-state index is 14.4. The highest BCUT2D eigenvalue weighted by Gasteiger charge is 2.36. The SMILES string of the molecule is COc1ccc(-c2nc(C(=O)NCc3ccccc3)nc3nc(-c4ccccc4)cc(C(F)(F)F)c23)cc1. The lowest BCUT2D eigenvalue weighted by Gasteiger charge is -2.16. The number of hydrogen-bond donors (Lipinski definition) is 1. The molecule has 0 saturated heterocycles. The third-order valence-electron chi connectivity index (χ3n) is 5.90. The molecular formula is C29H21F3N4O2. The lowest BCUT2D eigenvalue weighted by atomic mass is 10.0. The molecule has 0 bridgehead atoms. The summed E-state index contributed by atoms with van der Waals surface area (Å²) in [5, 5.41) is 2.44. The number of halogens is 3. The number of fused-ring (bicyclic) bond motifs is 1. The Kier molecular flexibility index (Phi) is 6.74. The first-order chi connectivity index (χ1) is 18.3. The Morgan fingerprint density at radius 3 is 2.13 bits per heavy atom. The molecule has 1 N–H and O–H groups in total. The molecule has 9 heteroatoms. The van der Waals surface area contributed by atoms with E-state index in [1.54, 1.807) is 54.6 Å². The Balaban J connectivity index is 1.71. The number of ether oxygens (including phenoxy) is 1. The third-order valence-corrected chi connectivity index (χ3v) is 5.90. The monoisotopic (exact) mass is 514 g/mol. The number of alkyl halides is 3. The number of rotatable bonds is 6. The van der Waals surface area contributed by atoms with Gasteiger partial charge in [-0.3, -0.25) is 4.79 Å². The Morgan fingerprint density at radius 1 is 0.842 bits per heavy atom. The van der Waals surface area contributed by atoms with Crippen molar-refractivity contribution in [2.75, 3.05) is 7.11 Å². The second-order valence-corrected chi connectivity index (χ2v) is 8.41. The molecule has 0 aliphatic heterocycles. The van der Waals surface area contributed by atoms with E-state index in [1.165, 1.54) is 7.11 Å². The van der Waals surface area contributed by atoms with Gasteiger partial charge in [0.15, 0.2) is 5.65 Å². The predicted molar refractivity (Wildman–Crippen MR) is 137 cm³/mol. The minimum atomic E-state index is -4.73. The molecule has 5 aromatic rings. The number of nitrogens with one attached hydrogen (secondary N) is 1. The lowest BCUT2D eigenvalue weighted by Crippen LogP contribution is -2.25. The largest absolute Gasteiger partial charge is 0.497 e. The fourth-order valence-electron chi connectivity index (χ4n) is 4.03. The Labute approximate surface area is 216 Å². The van der Waals surface area contributed by atoms with Crippen molar-refractivity contribution in [3.8, 4) is 28.3 Å². The van der Waals surface area contributed by atoms with Crippen LogP contribution in [0, 0.1) is 0 Å². The maximum Gasteiger partial charge on any atom is 0.417 e. The summed E-state index contributed by atoms with van der Waals surface area (Å²) in [6.07, 6.45) is -4.73. The van der Waals surface area contributed by atoms with Gasteiger partial charge in [-0.1, -0.05) is 60.7 Å². The lowest BCUT2D eigenvalue weighted by molar-refractivity contribution is -0.136. The van der Waals surface area contributed by atoms with Crippen LogP contribution in [0.4, 0.5) is 13.2 Å². The number of methoxy groups -OCH3 is 1. The van der Waals surface area contributed by atoms with Gasteiger partial charge in [0.05, 0.1) is 29.4 Å². The van der Waals surface area contributed by atoms with Gasteiger partial charge in [0, 0.05) is 17.7 Å². The van der Waals surface area contributed by atoms with Crippen molar-refractivity contribution in [1.29, 1.82) is 0 Å². The van der Waals surface area contributed by atoms with E-state index in [2.05, 4.69) is 20.3 Å². The molecule has 0 fully saturated rings. The minimum absolute atomic E-state index is 0.0537. The molecule has 0 atom stereocenters. The summed E-state index contributed by atoms with van der Waals surface area (Å²) < 4.78 is 48.4. The summed E-state index contributed by atoms with van der Waals surface area (Å²) in [4.78, 5) is 26.0. The average Bonchev–Trinajstić information content (AvgIpc) is 2.95. The standard InChI is InChI=1S/C29H21F3N4O2/c1-38-21-14-12-20(13-15-21)25-24-22(29(30,31)32)16-23(19-10-6-3-7-11-19)34-26(24)36-27(35-25)28(37)33-17-18-8-4-2-5-9-18/h2-16H,17H2,1H3,(H,33,37). The van der Waals surface area contributed by atoms with Gasteiger partial charge < -0.3 is 10.1 Å². The molecule has 190 valence electrons. The molecule has 3 aromatic carbocycles. The van der Waals surface area contributed by atoms with Gasteiger partial charge in [-0.15, -0.1) is 0 Å². The molecule has 0 spiro atoms. The quantitative estimate of drug-likeness (QED) is 0.287. The highest BCUT2D eigenvalue weighted by atomic mass is 19.4. The third kappa shape index (κ3) is 5.17. The van der Waals surface area contributed by atoms with Crippen molar-refractivity contribution in [1.82, 2.24) is 20.3 Å². The Bertz CT molecular complexity index is 1590. The van der Waals surface area contributed by atoms with E-state index in [4.69, 9.17) is 4.74 Å². The fraction of sp³-hybridized carbons (Fsp3) is 0.103. The number of carbonyl (C=O) groups excluding carboxylic acids is 1. The number of nitrogens with zero attached hydrogens (tertiary/aromatic N) is 3. The molecule has 0 aliphatic rings. The van der Waals surface area contributed by atoms with E-state index in [-0.39, 0.29) is 34.8 Å². The second-order valence-electron chi connectivity index (χ2n) is 8.41. The van der Waals surface area contributed by atoms with E-state index in [1.807, 2.05) is 30.3 Å². The average molecular weight is 515 g/mol.